The highest BCUT2D eigenvalue weighted by Crippen LogP contribution is 2.25. The highest BCUT2D eigenvalue weighted by molar-refractivity contribution is 6.30. The largest absolute Gasteiger partial charge is 0.120 e. The maximum absolute atomic E-state index is 5.83. The third kappa shape index (κ3) is 3.09. The Morgan fingerprint density at radius 3 is 2.50 bits per heavy atom. The summed E-state index contributed by atoms with van der Waals surface area (Å²) in [6.45, 7) is 2.18. The Morgan fingerprint density at radius 2 is 2.00 bits per heavy atom. The van der Waals surface area contributed by atoms with Crippen LogP contribution in [-0.4, -0.2) is 0 Å². The van der Waals surface area contributed by atoms with Gasteiger partial charge in [-0.15, -0.1) is 12.3 Å². The van der Waals surface area contributed by atoms with Crippen molar-refractivity contribution < 1.29 is 0 Å². The molecule has 0 saturated heterocycles. The fourth-order valence-corrected chi connectivity index (χ4v) is 1.74. The maximum Gasteiger partial charge on any atom is 0.0406 e. The molecule has 0 radical (unpaired) electrons. The molecule has 0 aliphatic carbocycles. The van der Waals surface area contributed by atoms with E-state index >= 15 is 0 Å². The van der Waals surface area contributed by atoms with Crippen molar-refractivity contribution in [1.82, 2.24) is 0 Å². The topological polar surface area (TPSA) is 0 Å². The molecule has 0 heterocycles. The monoisotopic (exact) mass is 206 g/mol. The molecule has 14 heavy (non-hydrogen) atoms. The van der Waals surface area contributed by atoms with Gasteiger partial charge in [-0.25, -0.2) is 0 Å². The predicted molar refractivity (Wildman–Crippen MR) is 62.6 cm³/mol. The smallest absolute Gasteiger partial charge is 0.0406 e. The Balaban J connectivity index is 2.77. The van der Waals surface area contributed by atoms with Crippen LogP contribution in [-0.2, 0) is 0 Å². The number of rotatable bonds is 4. The zero-order valence-electron chi connectivity index (χ0n) is 8.46. The lowest BCUT2D eigenvalue weighted by Crippen LogP contribution is -1.96. The summed E-state index contributed by atoms with van der Waals surface area (Å²) in [4.78, 5) is 0. The number of hydrogen-bond acceptors (Lipinski definition) is 0. The molecule has 0 N–H and O–H groups in total. The first kappa shape index (κ1) is 11.1. The summed E-state index contributed by atoms with van der Waals surface area (Å²) in [5, 5.41) is 0.782. The predicted octanol–water partition coefficient (Wildman–Crippen LogP) is 4.25. The molecule has 1 aromatic carbocycles. The Hall–Kier alpha value is -0.930. The number of terminal acetylenes is 1. The molecule has 0 spiro atoms. The van der Waals surface area contributed by atoms with Gasteiger partial charge in [0.25, 0.3) is 0 Å². The van der Waals surface area contributed by atoms with Crippen molar-refractivity contribution in [3.05, 3.63) is 34.9 Å². The summed E-state index contributed by atoms with van der Waals surface area (Å²) >= 11 is 5.83. The zero-order chi connectivity index (χ0) is 10.4. The lowest BCUT2D eigenvalue weighted by Gasteiger charge is -2.13. The average Bonchev–Trinajstić information content (AvgIpc) is 2.19. The van der Waals surface area contributed by atoms with Crippen molar-refractivity contribution in [3.8, 4) is 12.3 Å². The second-order valence-corrected chi connectivity index (χ2v) is 3.88. The summed E-state index contributed by atoms with van der Waals surface area (Å²) < 4.78 is 0. The Bertz CT molecular complexity index is 305. The lowest BCUT2D eigenvalue weighted by atomic mass is 9.92. The third-order valence-electron chi connectivity index (χ3n) is 2.34. The molecule has 0 aliphatic rings. The normalized spacial score (nSPS) is 12.1. The van der Waals surface area contributed by atoms with Gasteiger partial charge in [0.2, 0.25) is 0 Å². The Kier molecular flexibility index (Phi) is 4.56. The van der Waals surface area contributed by atoms with E-state index in [1.54, 1.807) is 0 Å². The van der Waals surface area contributed by atoms with Gasteiger partial charge in [-0.05, 0) is 30.0 Å². The van der Waals surface area contributed by atoms with Gasteiger partial charge in [0.05, 0.1) is 0 Å². The van der Waals surface area contributed by atoms with Crippen LogP contribution < -0.4 is 0 Å². The standard InChI is InChI=1S/C13H15Cl/c1-3-5-11(6-4-2)12-7-9-13(14)10-8-12/h1,7-11H,4-6H2,2H3. The van der Waals surface area contributed by atoms with E-state index in [2.05, 4.69) is 25.0 Å². The van der Waals surface area contributed by atoms with Gasteiger partial charge in [-0.2, -0.15) is 0 Å². The number of hydrogen-bond donors (Lipinski definition) is 0. The van der Waals surface area contributed by atoms with Crippen LogP contribution >= 0.6 is 11.6 Å². The third-order valence-corrected chi connectivity index (χ3v) is 2.59. The van der Waals surface area contributed by atoms with Crippen LogP contribution in [0.2, 0.25) is 5.02 Å². The van der Waals surface area contributed by atoms with Crippen LogP contribution in [0.3, 0.4) is 0 Å². The van der Waals surface area contributed by atoms with Gasteiger partial charge in [0.1, 0.15) is 0 Å². The molecular formula is C13H15Cl. The van der Waals surface area contributed by atoms with E-state index in [1.165, 1.54) is 5.56 Å². The van der Waals surface area contributed by atoms with Gasteiger partial charge in [0, 0.05) is 11.4 Å². The second-order valence-electron chi connectivity index (χ2n) is 3.45. The molecule has 0 saturated carbocycles. The van der Waals surface area contributed by atoms with E-state index in [9.17, 15) is 0 Å². The van der Waals surface area contributed by atoms with E-state index in [-0.39, 0.29) is 0 Å². The van der Waals surface area contributed by atoms with Crippen molar-refractivity contribution in [2.45, 2.75) is 32.1 Å². The minimum absolute atomic E-state index is 0.488. The molecule has 1 atom stereocenters. The van der Waals surface area contributed by atoms with Crippen LogP contribution in [0.5, 0.6) is 0 Å². The zero-order valence-corrected chi connectivity index (χ0v) is 9.22. The fraction of sp³-hybridized carbons (Fsp3) is 0.385. The highest BCUT2D eigenvalue weighted by atomic mass is 35.5. The molecule has 0 aliphatic heterocycles. The lowest BCUT2D eigenvalue weighted by molar-refractivity contribution is 0.628. The van der Waals surface area contributed by atoms with Gasteiger partial charge >= 0.3 is 0 Å². The van der Waals surface area contributed by atoms with Crippen molar-refractivity contribution in [1.29, 1.82) is 0 Å². The van der Waals surface area contributed by atoms with Crippen LogP contribution in [0.4, 0.5) is 0 Å². The first-order valence-corrected chi connectivity index (χ1v) is 5.34. The molecule has 1 aromatic rings. The van der Waals surface area contributed by atoms with Crippen LogP contribution in [0, 0.1) is 12.3 Å². The van der Waals surface area contributed by atoms with Crippen molar-refractivity contribution in [2.24, 2.45) is 0 Å². The summed E-state index contributed by atoms with van der Waals surface area (Å²) in [6, 6.07) is 7.99. The van der Waals surface area contributed by atoms with E-state index in [0.29, 0.717) is 5.92 Å². The van der Waals surface area contributed by atoms with Gasteiger partial charge < -0.3 is 0 Å². The average molecular weight is 207 g/mol. The number of benzene rings is 1. The summed E-state index contributed by atoms with van der Waals surface area (Å²) in [5.74, 6) is 3.22. The molecule has 0 fully saturated rings. The Morgan fingerprint density at radius 1 is 1.36 bits per heavy atom. The summed E-state index contributed by atoms with van der Waals surface area (Å²) in [7, 11) is 0. The molecule has 1 unspecified atom stereocenters. The minimum Gasteiger partial charge on any atom is -0.120 e. The summed E-state index contributed by atoms with van der Waals surface area (Å²) in [6.07, 6.45) is 8.47. The first-order valence-electron chi connectivity index (χ1n) is 4.96. The van der Waals surface area contributed by atoms with Gasteiger partial charge in [-0.3, -0.25) is 0 Å². The van der Waals surface area contributed by atoms with E-state index in [0.717, 1.165) is 24.3 Å². The second kappa shape index (κ2) is 5.73. The van der Waals surface area contributed by atoms with Crippen LogP contribution in [0.1, 0.15) is 37.7 Å². The molecule has 0 aromatic heterocycles. The number of halogens is 1. The van der Waals surface area contributed by atoms with E-state index in [1.807, 2.05) is 12.1 Å². The fourth-order valence-electron chi connectivity index (χ4n) is 1.61. The minimum atomic E-state index is 0.488. The van der Waals surface area contributed by atoms with Crippen molar-refractivity contribution >= 4 is 11.6 Å². The quantitative estimate of drug-likeness (QED) is 0.647. The maximum atomic E-state index is 5.83. The highest BCUT2D eigenvalue weighted by Gasteiger charge is 2.08. The van der Waals surface area contributed by atoms with Crippen molar-refractivity contribution in [2.75, 3.05) is 0 Å². The summed E-state index contributed by atoms with van der Waals surface area (Å²) in [5.41, 5.74) is 1.30. The molecule has 0 nitrogen and oxygen atoms in total. The Labute approximate surface area is 91.3 Å². The molecule has 74 valence electrons. The van der Waals surface area contributed by atoms with E-state index in [4.69, 9.17) is 18.0 Å². The van der Waals surface area contributed by atoms with Gasteiger partial charge in [-0.1, -0.05) is 37.1 Å². The first-order chi connectivity index (χ1) is 6.77. The molecule has 1 rings (SSSR count). The SMILES string of the molecule is C#CCC(CCC)c1ccc(Cl)cc1. The molecular weight excluding hydrogens is 192 g/mol. The van der Waals surface area contributed by atoms with E-state index < -0.39 is 0 Å². The van der Waals surface area contributed by atoms with Crippen LogP contribution in [0.15, 0.2) is 24.3 Å². The molecule has 0 amide bonds. The van der Waals surface area contributed by atoms with Crippen molar-refractivity contribution in [3.63, 3.8) is 0 Å². The molecule has 0 bridgehead atoms. The van der Waals surface area contributed by atoms with Crippen LogP contribution in [0.25, 0.3) is 0 Å². The molecule has 1 heteroatoms. The van der Waals surface area contributed by atoms with Gasteiger partial charge in [0.15, 0.2) is 0 Å².